The van der Waals surface area contributed by atoms with Crippen LogP contribution in [0.3, 0.4) is 0 Å². The minimum atomic E-state index is -3.61. The van der Waals surface area contributed by atoms with Gasteiger partial charge in [-0.25, -0.2) is 17.9 Å². The smallest absolute Gasteiger partial charge is 0.324 e. The molecule has 0 unspecified atom stereocenters. The zero-order valence-corrected chi connectivity index (χ0v) is 14.6. The third-order valence-electron chi connectivity index (χ3n) is 3.97. The fourth-order valence-corrected chi connectivity index (χ4v) is 3.79. The summed E-state index contributed by atoms with van der Waals surface area (Å²) in [5, 5.41) is 5.40. The average molecular weight is 368 g/mol. The molecule has 10 heteroatoms. The minimum Gasteiger partial charge on any atom is -0.495 e. The molecule has 136 valence electrons. The highest BCUT2D eigenvalue weighted by atomic mass is 32.2. The normalized spacial score (nSPS) is 17.3. The Morgan fingerprint density at radius 1 is 1.40 bits per heavy atom. The number of carbonyl (C=O) groups is 2. The van der Waals surface area contributed by atoms with Crippen molar-refractivity contribution < 1.29 is 22.7 Å². The lowest BCUT2D eigenvalue weighted by molar-refractivity contribution is -0.125. The Balaban J connectivity index is 1.73. The van der Waals surface area contributed by atoms with Crippen LogP contribution in [0.1, 0.15) is 12.8 Å². The molecule has 0 aromatic heterocycles. The second-order valence-electron chi connectivity index (χ2n) is 5.89. The molecule has 1 aliphatic carbocycles. The number of nitrogens with zero attached hydrogens (tertiary/aromatic N) is 1. The zero-order chi connectivity index (χ0) is 18.0. The molecule has 1 heterocycles. The third-order valence-corrected chi connectivity index (χ3v) is 5.49. The van der Waals surface area contributed by atoms with Gasteiger partial charge in [-0.15, -0.1) is 0 Å². The van der Waals surface area contributed by atoms with Gasteiger partial charge in [-0.2, -0.15) is 0 Å². The van der Waals surface area contributed by atoms with Crippen molar-refractivity contribution in [2.75, 3.05) is 32.1 Å². The van der Waals surface area contributed by atoms with Crippen molar-refractivity contribution in [2.45, 2.75) is 23.8 Å². The van der Waals surface area contributed by atoms with Gasteiger partial charge in [0.15, 0.2) is 0 Å². The molecule has 1 aromatic carbocycles. The van der Waals surface area contributed by atoms with Crippen molar-refractivity contribution in [2.24, 2.45) is 0 Å². The highest BCUT2D eigenvalue weighted by Gasteiger charge is 2.29. The number of anilines is 1. The predicted molar refractivity (Wildman–Crippen MR) is 89.9 cm³/mol. The van der Waals surface area contributed by atoms with E-state index in [2.05, 4.69) is 15.4 Å². The number of benzene rings is 1. The van der Waals surface area contributed by atoms with Crippen LogP contribution in [-0.4, -0.2) is 58.0 Å². The summed E-state index contributed by atoms with van der Waals surface area (Å²) < 4.78 is 32.4. The molecule has 3 amide bonds. The first-order chi connectivity index (χ1) is 11.9. The largest absolute Gasteiger partial charge is 0.495 e. The molecule has 1 aliphatic heterocycles. The number of rotatable bonds is 7. The van der Waals surface area contributed by atoms with Crippen molar-refractivity contribution in [3.63, 3.8) is 0 Å². The maximum Gasteiger partial charge on any atom is 0.324 e. The number of hydrogen-bond acceptors (Lipinski definition) is 6. The van der Waals surface area contributed by atoms with Crippen LogP contribution >= 0.6 is 0 Å². The first-order valence-corrected chi connectivity index (χ1v) is 9.41. The third kappa shape index (κ3) is 4.02. The molecule has 0 radical (unpaired) electrons. The molecule has 1 saturated heterocycles. The number of methoxy groups -OCH3 is 1. The summed E-state index contributed by atoms with van der Waals surface area (Å²) in [6.45, 7) is 0.591. The van der Waals surface area contributed by atoms with Crippen LogP contribution in [0.15, 0.2) is 23.1 Å². The Morgan fingerprint density at radius 2 is 2.16 bits per heavy atom. The number of urea groups is 1. The van der Waals surface area contributed by atoms with Crippen LogP contribution in [0.2, 0.25) is 0 Å². The molecule has 25 heavy (non-hydrogen) atoms. The van der Waals surface area contributed by atoms with Crippen molar-refractivity contribution in [3.8, 4) is 5.75 Å². The second-order valence-corrected chi connectivity index (χ2v) is 7.60. The Labute approximate surface area is 145 Å². The number of carbonyl (C=O) groups excluding carboxylic acids is 2. The molecule has 1 aromatic rings. The van der Waals surface area contributed by atoms with E-state index in [0.29, 0.717) is 24.5 Å². The topological polar surface area (TPSA) is 117 Å². The van der Waals surface area contributed by atoms with E-state index in [1.807, 2.05) is 0 Å². The number of ether oxygens (including phenoxy) is 1. The Morgan fingerprint density at radius 3 is 2.76 bits per heavy atom. The summed E-state index contributed by atoms with van der Waals surface area (Å²) in [5.74, 6) is 0.00506. The number of sulfonamides is 1. The van der Waals surface area contributed by atoms with Crippen molar-refractivity contribution in [3.05, 3.63) is 18.2 Å². The lowest BCUT2D eigenvalue weighted by Crippen LogP contribution is -2.38. The predicted octanol–water partition coefficient (Wildman–Crippen LogP) is 0.0996. The minimum absolute atomic E-state index is 0.00114. The second kappa shape index (κ2) is 6.89. The van der Waals surface area contributed by atoms with Gasteiger partial charge in [0.25, 0.3) is 0 Å². The molecule has 1 saturated carbocycles. The molecule has 3 N–H and O–H groups in total. The number of amides is 3. The van der Waals surface area contributed by atoms with E-state index in [1.165, 1.54) is 25.3 Å². The van der Waals surface area contributed by atoms with Crippen LogP contribution in [0.25, 0.3) is 0 Å². The quantitative estimate of drug-likeness (QED) is 0.628. The van der Waals surface area contributed by atoms with Gasteiger partial charge in [0, 0.05) is 19.1 Å². The van der Waals surface area contributed by atoms with E-state index in [4.69, 9.17) is 4.74 Å². The van der Waals surface area contributed by atoms with E-state index in [0.717, 1.165) is 17.7 Å². The fraction of sp³-hybridized carbons (Fsp3) is 0.467. The summed E-state index contributed by atoms with van der Waals surface area (Å²) in [4.78, 5) is 24.8. The van der Waals surface area contributed by atoms with E-state index in [9.17, 15) is 18.0 Å². The van der Waals surface area contributed by atoms with Crippen molar-refractivity contribution in [1.29, 1.82) is 0 Å². The number of nitrogens with one attached hydrogen (secondary N) is 3. The summed E-state index contributed by atoms with van der Waals surface area (Å²) in [6, 6.07) is 3.96. The van der Waals surface area contributed by atoms with Crippen molar-refractivity contribution in [1.82, 2.24) is 14.9 Å². The molecular formula is C15H20N4O5S. The van der Waals surface area contributed by atoms with Gasteiger partial charge in [-0.05, 0) is 31.0 Å². The Kier molecular flexibility index (Phi) is 4.82. The van der Waals surface area contributed by atoms with Gasteiger partial charge in [0.05, 0.1) is 24.2 Å². The SMILES string of the molecule is COc1ccc(S(=O)(=O)NC2CC2)cc1NCC(=O)N1CCNC1=O. The summed E-state index contributed by atoms with van der Waals surface area (Å²) in [5.41, 5.74) is 0.370. The lowest BCUT2D eigenvalue weighted by atomic mass is 10.3. The zero-order valence-electron chi connectivity index (χ0n) is 13.7. The highest BCUT2D eigenvalue weighted by molar-refractivity contribution is 7.89. The molecule has 2 aliphatic rings. The molecule has 2 fully saturated rings. The summed E-state index contributed by atoms with van der Waals surface area (Å²) in [6.07, 6.45) is 1.68. The summed E-state index contributed by atoms with van der Waals surface area (Å²) in [7, 11) is -2.16. The Bertz CT molecular complexity index is 791. The van der Waals surface area contributed by atoms with E-state index < -0.39 is 22.0 Å². The van der Waals surface area contributed by atoms with Crippen LogP contribution in [0.5, 0.6) is 5.75 Å². The molecule has 0 spiro atoms. The highest BCUT2D eigenvalue weighted by Crippen LogP contribution is 2.29. The van der Waals surface area contributed by atoms with Crippen molar-refractivity contribution >= 4 is 27.6 Å². The van der Waals surface area contributed by atoms with E-state index >= 15 is 0 Å². The van der Waals surface area contributed by atoms with Gasteiger partial charge in [-0.3, -0.25) is 9.69 Å². The molecule has 0 bridgehead atoms. The first-order valence-electron chi connectivity index (χ1n) is 7.93. The molecular weight excluding hydrogens is 348 g/mol. The van der Waals surface area contributed by atoms with Gasteiger partial charge >= 0.3 is 6.03 Å². The van der Waals surface area contributed by atoms with Crippen LogP contribution in [0.4, 0.5) is 10.5 Å². The van der Waals surface area contributed by atoms with E-state index in [1.54, 1.807) is 0 Å². The van der Waals surface area contributed by atoms with Gasteiger partial charge < -0.3 is 15.4 Å². The molecule has 3 rings (SSSR count). The van der Waals surface area contributed by atoms with Crippen LogP contribution in [-0.2, 0) is 14.8 Å². The molecule has 9 nitrogen and oxygen atoms in total. The van der Waals surface area contributed by atoms with E-state index in [-0.39, 0.29) is 17.5 Å². The molecule has 0 atom stereocenters. The van der Waals surface area contributed by atoms with Gasteiger partial charge in [0.1, 0.15) is 5.75 Å². The Hall–Kier alpha value is -2.33. The maximum atomic E-state index is 12.3. The van der Waals surface area contributed by atoms with Gasteiger partial charge in [-0.1, -0.05) is 0 Å². The van der Waals surface area contributed by atoms with Crippen LogP contribution in [0, 0.1) is 0 Å². The van der Waals surface area contributed by atoms with Crippen LogP contribution < -0.4 is 20.1 Å². The number of imide groups is 1. The average Bonchev–Trinajstić information content (AvgIpc) is 3.28. The van der Waals surface area contributed by atoms with Gasteiger partial charge in [0.2, 0.25) is 15.9 Å². The fourth-order valence-electron chi connectivity index (χ4n) is 2.46. The monoisotopic (exact) mass is 368 g/mol. The lowest BCUT2D eigenvalue weighted by Gasteiger charge is -2.16. The standard InChI is InChI=1S/C15H20N4O5S/c1-24-13-5-4-11(25(22,23)18-10-2-3-10)8-12(13)17-9-14(20)19-7-6-16-15(19)21/h4-5,8,10,17-18H,2-3,6-7,9H2,1H3,(H,16,21). The number of hydrogen-bond donors (Lipinski definition) is 3. The first kappa shape index (κ1) is 17.5. The summed E-state index contributed by atoms with van der Waals surface area (Å²) >= 11 is 0. The maximum absolute atomic E-state index is 12.3.